The first kappa shape index (κ1) is 22.0. The number of carbonyl (C=O) groups is 2. The Morgan fingerprint density at radius 1 is 1.28 bits per heavy atom. The molecule has 3 heterocycles. The fourth-order valence-electron chi connectivity index (χ4n) is 4.04. The average molecular weight is 444 g/mol. The first-order valence-electron chi connectivity index (χ1n) is 10.5. The molecule has 1 atom stereocenters. The molecule has 0 bridgehead atoms. The fraction of sp³-hybridized carbons (Fsp3) is 0.435. The minimum Gasteiger partial charge on any atom is -0.444 e. The van der Waals surface area contributed by atoms with Crippen LogP contribution in [0, 0.1) is 11.6 Å². The number of rotatable bonds is 3. The van der Waals surface area contributed by atoms with Crippen LogP contribution >= 0.6 is 0 Å². The third kappa shape index (κ3) is 3.99. The van der Waals surface area contributed by atoms with Crippen molar-refractivity contribution < 1.29 is 23.1 Å². The second-order valence-corrected chi connectivity index (χ2v) is 9.46. The van der Waals surface area contributed by atoms with Crippen LogP contribution < -0.4 is 10.6 Å². The molecule has 7 nitrogen and oxygen atoms in total. The lowest BCUT2D eigenvalue weighted by Gasteiger charge is -2.40. The summed E-state index contributed by atoms with van der Waals surface area (Å²) >= 11 is 0. The van der Waals surface area contributed by atoms with Crippen molar-refractivity contribution in [3.05, 3.63) is 58.8 Å². The summed E-state index contributed by atoms with van der Waals surface area (Å²) in [6.45, 7) is 8.22. The number of amides is 2. The van der Waals surface area contributed by atoms with Gasteiger partial charge in [0.05, 0.1) is 11.6 Å². The molecule has 1 unspecified atom stereocenters. The number of carbonyl (C=O) groups excluding carboxylic acids is 2. The van der Waals surface area contributed by atoms with Crippen LogP contribution in [0.1, 0.15) is 49.2 Å². The van der Waals surface area contributed by atoms with Crippen molar-refractivity contribution in [2.75, 3.05) is 25.0 Å². The van der Waals surface area contributed by atoms with Gasteiger partial charge >= 0.3 is 6.09 Å². The highest BCUT2D eigenvalue weighted by molar-refractivity contribution is 5.97. The number of hydrogen-bond donors (Lipinski definition) is 2. The summed E-state index contributed by atoms with van der Waals surface area (Å²) in [6, 6.07) is 5.71. The van der Waals surface area contributed by atoms with Gasteiger partial charge in [0.1, 0.15) is 11.4 Å². The van der Waals surface area contributed by atoms with Gasteiger partial charge in [0.2, 0.25) is 0 Å². The smallest absolute Gasteiger partial charge is 0.410 e. The molecule has 2 N–H and O–H groups in total. The third-order valence-corrected chi connectivity index (χ3v) is 5.78. The molecule has 2 aliphatic rings. The van der Waals surface area contributed by atoms with Crippen molar-refractivity contribution in [3.63, 3.8) is 0 Å². The van der Waals surface area contributed by atoms with Gasteiger partial charge in [-0.25, -0.2) is 18.6 Å². The molecular formula is C23H26F2N4O3. The van der Waals surface area contributed by atoms with E-state index in [-0.39, 0.29) is 30.2 Å². The zero-order chi connectivity index (χ0) is 23.3. The van der Waals surface area contributed by atoms with Crippen LogP contribution in [0.15, 0.2) is 30.5 Å². The molecule has 32 heavy (non-hydrogen) atoms. The first-order valence-corrected chi connectivity index (χ1v) is 10.5. The zero-order valence-electron chi connectivity index (χ0n) is 18.5. The number of fused-ring (bicyclic) bond motifs is 1. The molecular weight excluding hydrogens is 418 g/mol. The Kier molecular flexibility index (Phi) is 5.30. The van der Waals surface area contributed by atoms with E-state index in [2.05, 4.69) is 15.6 Å². The van der Waals surface area contributed by atoms with Crippen molar-refractivity contribution in [2.45, 2.75) is 44.8 Å². The van der Waals surface area contributed by atoms with Crippen molar-refractivity contribution in [2.24, 2.45) is 0 Å². The van der Waals surface area contributed by atoms with Crippen LogP contribution in [-0.2, 0) is 10.2 Å². The van der Waals surface area contributed by atoms with Gasteiger partial charge in [0, 0.05) is 36.8 Å². The van der Waals surface area contributed by atoms with Crippen molar-refractivity contribution in [3.8, 4) is 0 Å². The van der Waals surface area contributed by atoms with E-state index in [4.69, 9.17) is 4.74 Å². The number of ether oxygens (including phenoxy) is 1. The van der Waals surface area contributed by atoms with Crippen LogP contribution in [0.5, 0.6) is 0 Å². The molecule has 0 radical (unpaired) electrons. The van der Waals surface area contributed by atoms with Crippen molar-refractivity contribution >= 4 is 17.8 Å². The lowest BCUT2D eigenvalue weighted by atomic mass is 9.72. The van der Waals surface area contributed by atoms with Crippen LogP contribution in [0.3, 0.4) is 0 Å². The molecule has 2 aromatic rings. The molecule has 1 aromatic carbocycles. The predicted molar refractivity (Wildman–Crippen MR) is 115 cm³/mol. The standard InChI is InChI=1S/C23H26F2N4O3/c1-22(2,3)32-21(31)29-10-13(11-29)28-18-8-16-14(9-26-18)20(30)27-12-23(16,4)15-6-5-7-17(24)19(15)25/h5-9,13H,10-12H2,1-4H3,(H,26,28)(H,27,30). The monoisotopic (exact) mass is 444 g/mol. The van der Waals surface area contributed by atoms with Crippen LogP contribution in [0.4, 0.5) is 19.4 Å². The van der Waals surface area contributed by atoms with E-state index in [1.54, 1.807) is 17.9 Å². The Balaban J connectivity index is 1.56. The second-order valence-electron chi connectivity index (χ2n) is 9.46. The Labute approximate surface area is 185 Å². The van der Waals surface area contributed by atoms with Gasteiger partial charge in [0.15, 0.2) is 11.6 Å². The topological polar surface area (TPSA) is 83.6 Å². The van der Waals surface area contributed by atoms with Crippen molar-refractivity contribution in [1.29, 1.82) is 0 Å². The maximum Gasteiger partial charge on any atom is 0.410 e. The normalized spacial score (nSPS) is 20.8. The summed E-state index contributed by atoms with van der Waals surface area (Å²) in [7, 11) is 0. The van der Waals surface area contributed by atoms with Gasteiger partial charge in [-0.15, -0.1) is 0 Å². The van der Waals surface area contributed by atoms with Gasteiger partial charge < -0.3 is 20.3 Å². The Bertz CT molecular complexity index is 1080. The molecule has 0 spiro atoms. The molecule has 170 valence electrons. The number of halogens is 2. The van der Waals surface area contributed by atoms with Gasteiger partial charge in [0.25, 0.3) is 5.91 Å². The lowest BCUT2D eigenvalue weighted by Crippen LogP contribution is -2.58. The molecule has 0 aliphatic carbocycles. The minimum absolute atomic E-state index is 0.0392. The summed E-state index contributed by atoms with van der Waals surface area (Å²) in [5, 5.41) is 5.99. The Hall–Kier alpha value is -3.23. The van der Waals surface area contributed by atoms with Crippen molar-refractivity contribution in [1.82, 2.24) is 15.2 Å². The minimum atomic E-state index is -0.975. The number of hydrogen-bond acceptors (Lipinski definition) is 5. The quantitative estimate of drug-likeness (QED) is 0.758. The number of anilines is 1. The van der Waals surface area contributed by atoms with E-state index < -0.39 is 22.7 Å². The first-order chi connectivity index (χ1) is 15.0. The third-order valence-electron chi connectivity index (χ3n) is 5.78. The summed E-state index contributed by atoms with van der Waals surface area (Å²) in [4.78, 5) is 30.4. The zero-order valence-corrected chi connectivity index (χ0v) is 18.5. The van der Waals surface area contributed by atoms with Gasteiger partial charge in [-0.05, 0) is 45.4 Å². The highest BCUT2D eigenvalue weighted by Crippen LogP contribution is 2.39. The largest absolute Gasteiger partial charge is 0.444 e. The highest BCUT2D eigenvalue weighted by Gasteiger charge is 2.40. The van der Waals surface area contributed by atoms with E-state index in [9.17, 15) is 18.4 Å². The molecule has 2 aliphatic heterocycles. The van der Waals surface area contributed by atoms with E-state index in [0.717, 1.165) is 6.07 Å². The summed E-state index contributed by atoms with van der Waals surface area (Å²) in [6.07, 6.45) is 1.06. The van der Waals surface area contributed by atoms with Crippen LogP contribution in [-0.4, -0.2) is 53.2 Å². The SMILES string of the molecule is CC(C)(C)OC(=O)N1CC(Nc2cc3c(cn2)C(=O)NCC3(C)c2cccc(F)c2F)C1. The number of benzene rings is 1. The summed E-state index contributed by atoms with van der Waals surface area (Å²) in [5.41, 5.74) is -0.497. The Morgan fingerprint density at radius 3 is 2.69 bits per heavy atom. The Morgan fingerprint density at radius 2 is 2.00 bits per heavy atom. The van der Waals surface area contributed by atoms with Gasteiger partial charge in [-0.1, -0.05) is 12.1 Å². The van der Waals surface area contributed by atoms with E-state index in [1.807, 2.05) is 20.8 Å². The number of likely N-dealkylation sites (tertiary alicyclic amines) is 1. The molecule has 0 saturated carbocycles. The summed E-state index contributed by atoms with van der Waals surface area (Å²) in [5.74, 6) is -1.69. The van der Waals surface area contributed by atoms with E-state index in [1.165, 1.54) is 18.3 Å². The van der Waals surface area contributed by atoms with Crippen LogP contribution in [0.2, 0.25) is 0 Å². The lowest BCUT2D eigenvalue weighted by molar-refractivity contribution is 0.0104. The number of nitrogens with one attached hydrogen (secondary N) is 2. The van der Waals surface area contributed by atoms with Gasteiger partial charge in [-0.2, -0.15) is 0 Å². The maximum absolute atomic E-state index is 14.7. The summed E-state index contributed by atoms with van der Waals surface area (Å²) < 4.78 is 34.0. The number of aromatic nitrogens is 1. The molecule has 4 rings (SSSR count). The fourth-order valence-corrected chi connectivity index (χ4v) is 4.04. The highest BCUT2D eigenvalue weighted by atomic mass is 19.2. The molecule has 1 saturated heterocycles. The van der Waals surface area contributed by atoms with E-state index >= 15 is 0 Å². The molecule has 2 amide bonds. The molecule has 9 heteroatoms. The second kappa shape index (κ2) is 7.72. The number of nitrogens with zero attached hydrogens (tertiary/aromatic N) is 2. The molecule has 1 aromatic heterocycles. The number of pyridine rings is 1. The van der Waals surface area contributed by atoms with Gasteiger partial charge in [-0.3, -0.25) is 4.79 Å². The van der Waals surface area contributed by atoms with E-state index in [0.29, 0.717) is 30.0 Å². The van der Waals surface area contributed by atoms with Crippen LogP contribution in [0.25, 0.3) is 0 Å². The molecule has 1 fully saturated rings. The predicted octanol–water partition coefficient (Wildman–Crippen LogP) is 3.44. The average Bonchev–Trinajstić information content (AvgIpc) is 2.68. The maximum atomic E-state index is 14.7.